The first-order valence-corrected chi connectivity index (χ1v) is 42.2. The number of hydrogen-bond donors (Lipinski definition) is 0. The van der Waals surface area contributed by atoms with Gasteiger partial charge in [0.2, 0.25) is 0 Å². The molecule has 0 atom stereocenters. The summed E-state index contributed by atoms with van der Waals surface area (Å²) in [5.74, 6) is 0. The minimum absolute atomic E-state index is 0. The molecule has 0 saturated carbocycles. The molecule has 3 aromatic heterocycles. The molecular formula is C34H51Br6I3OS3Zn2. The van der Waals surface area contributed by atoms with Crippen molar-refractivity contribution < 1.29 is 37.4 Å². The van der Waals surface area contributed by atoms with Gasteiger partial charge in [-0.25, -0.2) is 0 Å². The third-order valence-corrected chi connectivity index (χ3v) is 12.2. The van der Waals surface area contributed by atoms with E-state index in [-0.39, 0.29) is 24.0 Å². The Kier molecular flexibility index (Phi) is 61.7. The molecule has 1 aliphatic rings. The van der Waals surface area contributed by atoms with Crippen LogP contribution in [0.1, 0.15) is 127 Å². The molecule has 0 N–H and O–H groups in total. The molecule has 0 aliphatic carbocycles. The van der Waals surface area contributed by atoms with Gasteiger partial charge in [0.15, 0.2) is 0 Å². The Balaban J connectivity index is -0.000000267. The summed E-state index contributed by atoms with van der Waals surface area (Å²) < 4.78 is 9.92. The van der Waals surface area contributed by atoms with Crippen molar-refractivity contribution in [2.24, 2.45) is 0 Å². The van der Waals surface area contributed by atoms with Crippen LogP contribution in [0, 0.1) is 10.8 Å². The molecule has 0 radical (unpaired) electrons. The molecule has 1 aliphatic heterocycles. The van der Waals surface area contributed by atoms with Crippen molar-refractivity contribution in [3.8, 4) is 0 Å². The SMILES string of the molecule is C1CCOC1.CCCCCCc1[c-]sc(Br)c1.CCCCCCc1c[c-]sc1Br.CCCCCCc1cc(Br)sc1Br.I.II.[Zn+][Br].[Zn+][Br]. The van der Waals surface area contributed by atoms with E-state index in [1.54, 1.807) is 34.0 Å². The van der Waals surface area contributed by atoms with Crippen molar-refractivity contribution in [3.05, 3.63) is 60.8 Å². The van der Waals surface area contributed by atoms with E-state index in [1.807, 2.05) is 0 Å². The first-order valence-electron chi connectivity index (χ1n) is 16.4. The van der Waals surface area contributed by atoms with Gasteiger partial charge in [0.25, 0.3) is 0 Å². The van der Waals surface area contributed by atoms with Crippen LogP contribution in [-0.2, 0) is 56.7 Å². The summed E-state index contributed by atoms with van der Waals surface area (Å²) in [5.41, 5.74) is 4.24. The monoisotopic (exact) mass is 1550 g/mol. The topological polar surface area (TPSA) is 9.23 Å². The Hall–Kier alpha value is 5.38. The van der Waals surface area contributed by atoms with Crippen LogP contribution < -0.4 is 0 Å². The van der Waals surface area contributed by atoms with E-state index in [2.05, 4.69) is 178 Å². The number of unbranched alkanes of at least 4 members (excludes halogenated alkanes) is 9. The summed E-state index contributed by atoms with van der Waals surface area (Å²) in [4.78, 5) is 0. The molecule has 3 aromatic rings. The van der Waals surface area contributed by atoms with E-state index in [4.69, 9.17) is 4.74 Å². The van der Waals surface area contributed by atoms with Gasteiger partial charge < -0.3 is 4.74 Å². The standard InChI is InChI=1S/C10H14Br2S.2C10H14BrS.C4H8O.2BrH.I2.HI.2Zn/c1-2-3-4-5-6-8-7-9(11)13-10(8)12;1-2-3-4-5-6-9-7-10(11)12-8-9;1-2-3-4-5-6-9-7-8-12-10(9)11;1-2-4-5-3-1;;;1-2;;;/h7H,2-6H2,1H3;2*7H,2-6H2,1H3;1-4H2;2*1H;;1H;;/q;2*-1;;;;;;2*+2/p-2. The molecule has 4 heterocycles. The normalized spacial score (nSPS) is 10.8. The van der Waals surface area contributed by atoms with Crippen molar-refractivity contribution in [1.29, 1.82) is 0 Å². The van der Waals surface area contributed by atoms with Crippen LogP contribution >= 0.6 is 186 Å². The Morgan fingerprint density at radius 2 is 1.14 bits per heavy atom. The van der Waals surface area contributed by atoms with Crippen LogP contribution in [0.5, 0.6) is 0 Å². The first-order chi connectivity index (χ1) is 23.4. The van der Waals surface area contributed by atoms with Gasteiger partial charge in [-0.2, -0.15) is 23.3 Å². The van der Waals surface area contributed by atoms with Crippen molar-refractivity contribution in [3.63, 3.8) is 0 Å². The zero-order chi connectivity index (χ0) is 36.8. The van der Waals surface area contributed by atoms with Gasteiger partial charge in [0.05, 0.1) is 7.57 Å². The Morgan fingerprint density at radius 3 is 1.49 bits per heavy atom. The second kappa shape index (κ2) is 49.5. The summed E-state index contributed by atoms with van der Waals surface area (Å²) >= 11 is 31.9. The molecule has 1 nitrogen and oxygen atoms in total. The van der Waals surface area contributed by atoms with E-state index in [0.29, 0.717) is 0 Å². The maximum atomic E-state index is 4.94. The second-order valence-electron chi connectivity index (χ2n) is 10.4. The summed E-state index contributed by atoms with van der Waals surface area (Å²) in [6, 6.07) is 6.50. The molecular weight excluding hydrogens is 1510 g/mol. The second-order valence-corrected chi connectivity index (χ2v) is 18.6. The van der Waals surface area contributed by atoms with E-state index < -0.39 is 0 Å². The molecule has 0 amide bonds. The van der Waals surface area contributed by atoms with Crippen LogP contribution in [0.4, 0.5) is 0 Å². The van der Waals surface area contributed by atoms with Gasteiger partial charge in [0, 0.05) is 50.4 Å². The predicted octanol–water partition coefficient (Wildman–Crippen LogP) is 19.1. The van der Waals surface area contributed by atoms with Gasteiger partial charge in [-0.15, -0.1) is 77.9 Å². The number of hydrogen-bond acceptors (Lipinski definition) is 4. The molecule has 0 spiro atoms. The van der Waals surface area contributed by atoms with E-state index in [9.17, 15) is 0 Å². The van der Waals surface area contributed by atoms with Gasteiger partial charge in [0.1, 0.15) is 0 Å². The molecule has 0 bridgehead atoms. The van der Waals surface area contributed by atoms with Crippen LogP contribution in [0.25, 0.3) is 0 Å². The average molecular weight is 1560 g/mol. The minimum atomic E-state index is 0. The van der Waals surface area contributed by atoms with Crippen LogP contribution in [0.2, 0.25) is 0 Å². The molecule has 0 unspecified atom stereocenters. The van der Waals surface area contributed by atoms with Crippen LogP contribution in [0.3, 0.4) is 0 Å². The Labute approximate surface area is 420 Å². The van der Waals surface area contributed by atoms with E-state index in [1.165, 1.54) is 174 Å². The zero-order valence-corrected chi connectivity index (χ0v) is 53.7. The fourth-order valence-corrected chi connectivity index (χ4v) is 9.37. The molecule has 15 heteroatoms. The molecule has 49 heavy (non-hydrogen) atoms. The average Bonchev–Trinajstić information content (AvgIpc) is 3.95. The quantitative estimate of drug-likeness (QED) is 0.0638. The van der Waals surface area contributed by atoms with Crippen LogP contribution in [0.15, 0.2) is 33.3 Å². The summed E-state index contributed by atoms with van der Waals surface area (Å²) in [6.45, 7) is 8.73. The third kappa shape index (κ3) is 40.0. The Bertz CT molecular complexity index is 1040. The predicted molar refractivity (Wildman–Crippen MR) is 266 cm³/mol. The third-order valence-electron chi connectivity index (χ3n) is 6.66. The Morgan fingerprint density at radius 1 is 0.653 bits per heavy atom. The fraction of sp³-hybridized carbons (Fsp3) is 0.647. The van der Waals surface area contributed by atoms with Crippen molar-refractivity contribution in [2.45, 2.75) is 130 Å². The molecule has 1 fully saturated rings. The molecule has 1 saturated heterocycles. The number of halogens is 9. The maximum absolute atomic E-state index is 4.94. The molecule has 278 valence electrons. The van der Waals surface area contributed by atoms with E-state index in [0.717, 1.165) is 13.2 Å². The fourth-order valence-electron chi connectivity index (χ4n) is 4.16. The number of ether oxygens (including phenoxy) is 1. The number of aryl methyl sites for hydroxylation is 3. The van der Waals surface area contributed by atoms with Crippen LogP contribution in [-0.4, -0.2) is 13.2 Å². The van der Waals surface area contributed by atoms with Crippen molar-refractivity contribution >= 4 is 186 Å². The molecule has 0 aromatic carbocycles. The van der Waals surface area contributed by atoms with E-state index >= 15 is 0 Å². The molecule has 4 rings (SSSR count). The summed E-state index contributed by atoms with van der Waals surface area (Å²) in [5, 5.41) is 6.41. The first kappa shape index (κ1) is 61.0. The van der Waals surface area contributed by atoms with Gasteiger partial charge in [-0.3, -0.25) is 22.7 Å². The van der Waals surface area contributed by atoms with Gasteiger partial charge in [-0.1, -0.05) is 112 Å². The van der Waals surface area contributed by atoms with Gasteiger partial charge >= 0.3 is 59.9 Å². The van der Waals surface area contributed by atoms with Crippen molar-refractivity contribution in [1.82, 2.24) is 0 Å². The number of thiophene rings is 3. The summed E-state index contributed by atoms with van der Waals surface area (Å²) in [6.07, 6.45) is 22.2. The summed E-state index contributed by atoms with van der Waals surface area (Å²) in [7, 11) is 0. The van der Waals surface area contributed by atoms with Crippen molar-refractivity contribution in [2.75, 3.05) is 13.2 Å². The zero-order valence-electron chi connectivity index (χ0n) is 29.1. The number of rotatable bonds is 15. The van der Waals surface area contributed by atoms with Gasteiger partial charge in [-0.05, 0) is 69.2 Å².